The fourth-order valence-corrected chi connectivity index (χ4v) is 1.58. The molecule has 0 aliphatic heterocycles. The predicted octanol–water partition coefficient (Wildman–Crippen LogP) is 1.31. The first-order valence-electron chi connectivity index (χ1n) is 6.34. The zero-order valence-corrected chi connectivity index (χ0v) is 12.0. The van der Waals surface area contributed by atoms with Crippen LogP contribution in [0.4, 0.5) is 11.9 Å². The summed E-state index contributed by atoms with van der Waals surface area (Å²) in [5, 5.41) is 0. The van der Waals surface area contributed by atoms with Gasteiger partial charge in [0.25, 0.3) is 0 Å². The summed E-state index contributed by atoms with van der Waals surface area (Å²) in [5.74, 6) is 1.61. The molecule has 1 atom stereocenters. The van der Waals surface area contributed by atoms with Gasteiger partial charge in [-0.05, 0) is 26.9 Å². The van der Waals surface area contributed by atoms with Gasteiger partial charge in [-0.15, -0.1) is 0 Å². The van der Waals surface area contributed by atoms with E-state index in [1.807, 2.05) is 19.0 Å². The van der Waals surface area contributed by atoms with Crippen molar-refractivity contribution in [1.29, 1.82) is 0 Å². The summed E-state index contributed by atoms with van der Waals surface area (Å²) < 4.78 is 0. The normalized spacial score (nSPS) is 12.8. The van der Waals surface area contributed by atoms with Crippen molar-refractivity contribution < 1.29 is 0 Å². The number of aromatic nitrogens is 3. The quantitative estimate of drug-likeness (QED) is 0.823. The van der Waals surface area contributed by atoms with Crippen LogP contribution in [-0.2, 0) is 0 Å². The number of nitrogens with two attached hydrogens (primary N) is 1. The smallest absolute Gasteiger partial charge is 0.229 e. The van der Waals surface area contributed by atoms with E-state index in [0.29, 0.717) is 5.95 Å². The summed E-state index contributed by atoms with van der Waals surface area (Å²) in [5.41, 5.74) is 5.73. The SMILES string of the molecule is CCCCN(C)[C@@H](C)c1nc(N)nc(N(C)C)n1. The highest BCUT2D eigenvalue weighted by Gasteiger charge is 2.16. The highest BCUT2D eigenvalue weighted by molar-refractivity contribution is 5.33. The highest BCUT2D eigenvalue weighted by Crippen LogP contribution is 2.17. The number of nitrogen functional groups attached to an aromatic ring is 1. The summed E-state index contributed by atoms with van der Waals surface area (Å²) in [4.78, 5) is 16.8. The molecule has 6 nitrogen and oxygen atoms in total. The molecule has 1 aromatic rings. The van der Waals surface area contributed by atoms with Crippen molar-refractivity contribution in [3.8, 4) is 0 Å². The minimum atomic E-state index is 0.139. The number of unbranched alkanes of at least 4 members (excludes halogenated alkanes) is 1. The summed E-state index contributed by atoms with van der Waals surface area (Å²) in [7, 11) is 5.86. The number of hydrogen-bond donors (Lipinski definition) is 1. The van der Waals surface area contributed by atoms with Crippen LogP contribution in [0.2, 0.25) is 0 Å². The predicted molar refractivity (Wildman–Crippen MR) is 74.5 cm³/mol. The van der Waals surface area contributed by atoms with Crippen molar-refractivity contribution in [1.82, 2.24) is 19.9 Å². The molecule has 2 N–H and O–H groups in total. The lowest BCUT2D eigenvalue weighted by atomic mass is 10.2. The van der Waals surface area contributed by atoms with E-state index in [9.17, 15) is 0 Å². The maximum absolute atomic E-state index is 5.73. The van der Waals surface area contributed by atoms with Gasteiger partial charge in [0.2, 0.25) is 11.9 Å². The molecule has 0 saturated heterocycles. The summed E-state index contributed by atoms with van der Waals surface area (Å²) in [6.07, 6.45) is 2.35. The Balaban J connectivity index is 2.87. The van der Waals surface area contributed by atoms with E-state index in [2.05, 4.69) is 40.7 Å². The van der Waals surface area contributed by atoms with Crippen LogP contribution in [0.15, 0.2) is 0 Å². The van der Waals surface area contributed by atoms with E-state index in [-0.39, 0.29) is 12.0 Å². The maximum Gasteiger partial charge on any atom is 0.229 e. The Kier molecular flexibility index (Phi) is 5.27. The van der Waals surface area contributed by atoms with Crippen LogP contribution in [0.5, 0.6) is 0 Å². The van der Waals surface area contributed by atoms with Crippen LogP contribution in [0.25, 0.3) is 0 Å². The minimum Gasteiger partial charge on any atom is -0.368 e. The molecule has 0 aliphatic carbocycles. The largest absolute Gasteiger partial charge is 0.368 e. The molecule has 0 spiro atoms. The molecule has 1 heterocycles. The van der Waals surface area contributed by atoms with E-state index >= 15 is 0 Å². The molecule has 6 heteroatoms. The molecule has 1 rings (SSSR count). The second kappa shape index (κ2) is 6.49. The average molecular weight is 252 g/mol. The van der Waals surface area contributed by atoms with E-state index in [1.165, 1.54) is 12.8 Å². The fourth-order valence-electron chi connectivity index (χ4n) is 1.58. The second-order valence-electron chi connectivity index (χ2n) is 4.76. The van der Waals surface area contributed by atoms with Crippen LogP contribution < -0.4 is 10.6 Å². The number of nitrogens with zero attached hydrogens (tertiary/aromatic N) is 5. The van der Waals surface area contributed by atoms with Crippen LogP contribution >= 0.6 is 0 Å². The van der Waals surface area contributed by atoms with E-state index < -0.39 is 0 Å². The second-order valence-corrected chi connectivity index (χ2v) is 4.76. The van der Waals surface area contributed by atoms with Gasteiger partial charge in [0, 0.05) is 14.1 Å². The van der Waals surface area contributed by atoms with Crippen molar-refractivity contribution in [3.63, 3.8) is 0 Å². The fraction of sp³-hybridized carbons (Fsp3) is 0.750. The Hall–Kier alpha value is -1.43. The van der Waals surface area contributed by atoms with Gasteiger partial charge >= 0.3 is 0 Å². The van der Waals surface area contributed by atoms with Gasteiger partial charge in [-0.2, -0.15) is 15.0 Å². The molecule has 0 fully saturated rings. The molecule has 0 amide bonds. The van der Waals surface area contributed by atoms with Gasteiger partial charge in [-0.25, -0.2) is 0 Å². The Labute approximate surface area is 109 Å². The van der Waals surface area contributed by atoms with Crippen LogP contribution in [0.3, 0.4) is 0 Å². The van der Waals surface area contributed by atoms with Gasteiger partial charge in [-0.1, -0.05) is 13.3 Å². The minimum absolute atomic E-state index is 0.139. The van der Waals surface area contributed by atoms with Crippen molar-refractivity contribution in [2.24, 2.45) is 0 Å². The maximum atomic E-state index is 5.73. The van der Waals surface area contributed by atoms with Crippen molar-refractivity contribution in [2.75, 3.05) is 38.3 Å². The van der Waals surface area contributed by atoms with E-state index in [0.717, 1.165) is 12.4 Å². The molecule has 1 aromatic heterocycles. The monoisotopic (exact) mass is 252 g/mol. The van der Waals surface area contributed by atoms with Gasteiger partial charge < -0.3 is 10.6 Å². The molecule has 0 aromatic carbocycles. The van der Waals surface area contributed by atoms with Crippen LogP contribution in [0, 0.1) is 0 Å². The lowest BCUT2D eigenvalue weighted by molar-refractivity contribution is 0.248. The molecule has 18 heavy (non-hydrogen) atoms. The van der Waals surface area contributed by atoms with Crippen LogP contribution in [0.1, 0.15) is 38.6 Å². The first kappa shape index (κ1) is 14.6. The lowest BCUT2D eigenvalue weighted by Gasteiger charge is -2.24. The van der Waals surface area contributed by atoms with E-state index in [1.54, 1.807) is 0 Å². The number of rotatable bonds is 6. The third kappa shape index (κ3) is 3.80. The lowest BCUT2D eigenvalue weighted by Crippen LogP contribution is -2.26. The molecule has 0 saturated carbocycles. The Morgan fingerprint density at radius 3 is 2.39 bits per heavy atom. The Bertz CT molecular complexity index is 379. The van der Waals surface area contributed by atoms with Gasteiger partial charge in [0.15, 0.2) is 5.82 Å². The van der Waals surface area contributed by atoms with Crippen molar-refractivity contribution >= 4 is 11.9 Å². The van der Waals surface area contributed by atoms with Gasteiger partial charge in [0.05, 0.1) is 6.04 Å². The van der Waals surface area contributed by atoms with Gasteiger partial charge in [0.1, 0.15) is 0 Å². The summed E-state index contributed by atoms with van der Waals surface area (Å²) in [6.45, 7) is 5.30. The van der Waals surface area contributed by atoms with E-state index in [4.69, 9.17) is 5.73 Å². The Morgan fingerprint density at radius 1 is 1.17 bits per heavy atom. The molecule has 0 aliphatic rings. The number of hydrogen-bond acceptors (Lipinski definition) is 6. The third-order valence-corrected chi connectivity index (χ3v) is 2.96. The molecule has 0 unspecified atom stereocenters. The molecule has 0 radical (unpaired) electrons. The standard InChI is InChI=1S/C12H24N6/c1-6-7-8-18(5)9(2)10-14-11(13)16-12(15-10)17(3)4/h9H,6-8H2,1-5H3,(H2,13,14,15,16)/t9-/m0/s1. The van der Waals surface area contributed by atoms with Gasteiger partial charge in [-0.3, -0.25) is 4.90 Å². The van der Waals surface area contributed by atoms with Crippen molar-refractivity contribution in [3.05, 3.63) is 5.82 Å². The summed E-state index contributed by atoms with van der Waals surface area (Å²) in [6, 6.07) is 0.139. The third-order valence-electron chi connectivity index (χ3n) is 2.96. The molecular weight excluding hydrogens is 228 g/mol. The zero-order chi connectivity index (χ0) is 13.7. The molecular formula is C12H24N6. The van der Waals surface area contributed by atoms with Crippen molar-refractivity contribution in [2.45, 2.75) is 32.7 Å². The van der Waals surface area contributed by atoms with Crippen LogP contribution in [-0.4, -0.2) is 47.5 Å². The molecule has 0 bridgehead atoms. The first-order valence-corrected chi connectivity index (χ1v) is 6.34. The summed E-state index contributed by atoms with van der Waals surface area (Å²) >= 11 is 0. The average Bonchev–Trinajstić information content (AvgIpc) is 2.34. The highest BCUT2D eigenvalue weighted by atomic mass is 15.3. The molecule has 102 valence electrons. The Morgan fingerprint density at radius 2 is 1.83 bits per heavy atom. The zero-order valence-electron chi connectivity index (χ0n) is 12.0. The number of anilines is 2. The topological polar surface area (TPSA) is 71.2 Å². The first-order chi connectivity index (χ1) is 8.45.